The van der Waals surface area contributed by atoms with Crippen LogP contribution in [-0.4, -0.2) is 43.6 Å². The Morgan fingerprint density at radius 1 is 1.50 bits per heavy atom. The molecule has 14 heavy (non-hydrogen) atoms. The van der Waals surface area contributed by atoms with Crippen molar-refractivity contribution < 1.29 is 8.42 Å². The first-order valence-electron chi connectivity index (χ1n) is 5.15. The number of hydrogen-bond donors (Lipinski definition) is 1. The molecule has 2 saturated heterocycles. The number of sulfonamides is 1. The van der Waals surface area contributed by atoms with Crippen LogP contribution in [0.2, 0.25) is 0 Å². The highest BCUT2D eigenvalue weighted by Crippen LogP contribution is 2.31. The summed E-state index contributed by atoms with van der Waals surface area (Å²) in [5, 5.41) is 3.24. The molecule has 0 aliphatic carbocycles. The van der Waals surface area contributed by atoms with E-state index in [1.54, 1.807) is 4.31 Å². The van der Waals surface area contributed by atoms with Gasteiger partial charge in [-0.15, -0.1) is 0 Å². The van der Waals surface area contributed by atoms with E-state index < -0.39 is 10.0 Å². The predicted octanol–water partition coefficient (Wildman–Crippen LogP) is 0.0199. The minimum atomic E-state index is -2.98. The summed E-state index contributed by atoms with van der Waals surface area (Å²) in [6.07, 6.45) is 0.930. The molecule has 2 unspecified atom stereocenters. The Morgan fingerprint density at radius 2 is 2.21 bits per heavy atom. The van der Waals surface area contributed by atoms with E-state index in [4.69, 9.17) is 0 Å². The molecule has 0 amide bonds. The second-order valence-electron chi connectivity index (χ2n) is 4.84. The highest BCUT2D eigenvalue weighted by atomic mass is 32.2. The molecule has 2 aliphatic heterocycles. The molecule has 2 rings (SSSR count). The molecule has 2 aliphatic rings. The molecule has 4 nitrogen and oxygen atoms in total. The van der Waals surface area contributed by atoms with Gasteiger partial charge in [0.15, 0.2) is 0 Å². The van der Waals surface area contributed by atoms with E-state index in [2.05, 4.69) is 5.32 Å². The fourth-order valence-corrected chi connectivity index (χ4v) is 4.79. The van der Waals surface area contributed by atoms with Crippen molar-refractivity contribution in [3.8, 4) is 0 Å². The Kier molecular flexibility index (Phi) is 2.36. The van der Waals surface area contributed by atoms with Crippen LogP contribution in [-0.2, 0) is 10.0 Å². The molecular weight excluding hydrogens is 200 g/mol. The fourth-order valence-electron chi connectivity index (χ4n) is 2.47. The van der Waals surface area contributed by atoms with Crippen molar-refractivity contribution in [1.82, 2.24) is 9.62 Å². The van der Waals surface area contributed by atoms with Crippen LogP contribution in [0.5, 0.6) is 0 Å². The fraction of sp³-hybridized carbons (Fsp3) is 1.00. The summed E-state index contributed by atoms with van der Waals surface area (Å²) >= 11 is 0. The van der Waals surface area contributed by atoms with Crippen LogP contribution in [0.3, 0.4) is 0 Å². The smallest absolute Gasteiger partial charge is 0.214 e. The van der Waals surface area contributed by atoms with Crippen molar-refractivity contribution in [2.75, 3.05) is 25.4 Å². The Bertz CT molecular complexity index is 320. The molecule has 2 heterocycles. The van der Waals surface area contributed by atoms with Gasteiger partial charge in [0.05, 0.1) is 5.75 Å². The third-order valence-electron chi connectivity index (χ3n) is 3.26. The molecule has 0 bridgehead atoms. The zero-order valence-corrected chi connectivity index (χ0v) is 9.60. The standard InChI is InChI=1S/C9H18N2O2S/c1-8-5-11(14(12,13)6-8)9(2)3-4-10-7-9/h8,10H,3-7H2,1-2H3. The van der Waals surface area contributed by atoms with Gasteiger partial charge < -0.3 is 5.32 Å². The first-order chi connectivity index (χ1) is 6.44. The maximum Gasteiger partial charge on any atom is 0.214 e. The summed E-state index contributed by atoms with van der Waals surface area (Å²) in [6, 6.07) is 0. The largest absolute Gasteiger partial charge is 0.315 e. The molecule has 82 valence electrons. The van der Waals surface area contributed by atoms with Crippen molar-refractivity contribution in [3.63, 3.8) is 0 Å². The summed E-state index contributed by atoms with van der Waals surface area (Å²) < 4.78 is 25.4. The second kappa shape index (κ2) is 3.18. The molecule has 1 N–H and O–H groups in total. The van der Waals surface area contributed by atoms with Crippen LogP contribution in [0, 0.1) is 5.92 Å². The van der Waals surface area contributed by atoms with E-state index in [1.165, 1.54) is 0 Å². The highest BCUT2D eigenvalue weighted by molar-refractivity contribution is 7.89. The predicted molar refractivity (Wildman–Crippen MR) is 55.5 cm³/mol. The van der Waals surface area contributed by atoms with Gasteiger partial charge in [-0.1, -0.05) is 6.92 Å². The molecule has 0 aromatic heterocycles. The summed E-state index contributed by atoms with van der Waals surface area (Å²) in [6.45, 7) is 6.46. The number of rotatable bonds is 1. The van der Waals surface area contributed by atoms with Crippen molar-refractivity contribution in [1.29, 1.82) is 0 Å². The monoisotopic (exact) mass is 218 g/mol. The van der Waals surface area contributed by atoms with E-state index in [9.17, 15) is 8.42 Å². The summed E-state index contributed by atoms with van der Waals surface area (Å²) in [7, 11) is -2.98. The minimum absolute atomic E-state index is 0.177. The summed E-state index contributed by atoms with van der Waals surface area (Å²) in [5.74, 6) is 0.597. The van der Waals surface area contributed by atoms with Crippen LogP contribution in [0.4, 0.5) is 0 Å². The SMILES string of the molecule is CC1CN(C2(C)CCNC2)S(=O)(=O)C1. The van der Waals surface area contributed by atoms with Gasteiger partial charge in [0.2, 0.25) is 10.0 Å². The summed E-state index contributed by atoms with van der Waals surface area (Å²) in [5.41, 5.74) is -0.177. The third kappa shape index (κ3) is 1.57. The lowest BCUT2D eigenvalue weighted by Gasteiger charge is -2.32. The molecule has 0 saturated carbocycles. The third-order valence-corrected chi connectivity index (χ3v) is 5.51. The first kappa shape index (κ1) is 10.4. The van der Waals surface area contributed by atoms with Gasteiger partial charge in [-0.25, -0.2) is 8.42 Å². The van der Waals surface area contributed by atoms with Crippen molar-refractivity contribution in [2.45, 2.75) is 25.8 Å². The van der Waals surface area contributed by atoms with Crippen molar-refractivity contribution in [3.05, 3.63) is 0 Å². The average molecular weight is 218 g/mol. The second-order valence-corrected chi connectivity index (χ2v) is 6.78. The van der Waals surface area contributed by atoms with E-state index in [-0.39, 0.29) is 11.5 Å². The van der Waals surface area contributed by atoms with E-state index in [0.29, 0.717) is 12.3 Å². The van der Waals surface area contributed by atoms with Gasteiger partial charge in [0, 0.05) is 18.6 Å². The Hall–Kier alpha value is -0.130. The lowest BCUT2D eigenvalue weighted by atomic mass is 10.0. The van der Waals surface area contributed by atoms with Gasteiger partial charge in [-0.05, 0) is 25.8 Å². The molecule has 2 fully saturated rings. The van der Waals surface area contributed by atoms with Gasteiger partial charge in [-0.2, -0.15) is 4.31 Å². The zero-order chi connectivity index (χ0) is 10.4. The quantitative estimate of drug-likeness (QED) is 0.675. The number of nitrogens with zero attached hydrogens (tertiary/aromatic N) is 1. The lowest BCUT2D eigenvalue weighted by molar-refractivity contribution is 0.229. The van der Waals surface area contributed by atoms with Crippen LogP contribution in [0.25, 0.3) is 0 Å². The minimum Gasteiger partial charge on any atom is -0.315 e. The van der Waals surface area contributed by atoms with Crippen molar-refractivity contribution in [2.24, 2.45) is 5.92 Å². The highest BCUT2D eigenvalue weighted by Gasteiger charge is 2.46. The van der Waals surface area contributed by atoms with Crippen LogP contribution in [0.1, 0.15) is 20.3 Å². The Labute approximate surface area is 85.7 Å². The van der Waals surface area contributed by atoms with Gasteiger partial charge >= 0.3 is 0 Å². The molecule has 0 aromatic carbocycles. The van der Waals surface area contributed by atoms with Crippen LogP contribution >= 0.6 is 0 Å². The summed E-state index contributed by atoms with van der Waals surface area (Å²) in [4.78, 5) is 0. The zero-order valence-electron chi connectivity index (χ0n) is 8.78. The van der Waals surface area contributed by atoms with Crippen LogP contribution < -0.4 is 5.32 Å². The normalized spacial score (nSPS) is 43.1. The molecule has 0 spiro atoms. The first-order valence-corrected chi connectivity index (χ1v) is 6.76. The number of nitrogens with one attached hydrogen (secondary N) is 1. The van der Waals surface area contributed by atoms with Gasteiger partial charge in [-0.3, -0.25) is 0 Å². The maximum absolute atomic E-state index is 11.9. The van der Waals surface area contributed by atoms with E-state index in [1.807, 2.05) is 13.8 Å². The molecule has 2 atom stereocenters. The topological polar surface area (TPSA) is 49.4 Å². The Morgan fingerprint density at radius 3 is 2.64 bits per heavy atom. The molecular formula is C9H18N2O2S. The molecule has 0 aromatic rings. The van der Waals surface area contributed by atoms with Crippen LogP contribution in [0.15, 0.2) is 0 Å². The van der Waals surface area contributed by atoms with E-state index >= 15 is 0 Å². The van der Waals surface area contributed by atoms with Gasteiger partial charge in [0.25, 0.3) is 0 Å². The maximum atomic E-state index is 11.9. The molecule has 0 radical (unpaired) electrons. The van der Waals surface area contributed by atoms with E-state index in [0.717, 1.165) is 19.5 Å². The number of hydrogen-bond acceptors (Lipinski definition) is 3. The molecule has 5 heteroatoms. The average Bonchev–Trinajstić information content (AvgIpc) is 2.56. The van der Waals surface area contributed by atoms with Crippen molar-refractivity contribution >= 4 is 10.0 Å². The lowest BCUT2D eigenvalue weighted by Crippen LogP contribution is -2.48. The van der Waals surface area contributed by atoms with Gasteiger partial charge in [0.1, 0.15) is 0 Å². The Balaban J connectivity index is 2.26.